The summed E-state index contributed by atoms with van der Waals surface area (Å²) in [5.74, 6) is -2.51. The van der Waals surface area contributed by atoms with Crippen LogP contribution in [0.2, 0.25) is 0 Å². The number of carboxylic acids is 2. The van der Waals surface area contributed by atoms with Crippen molar-refractivity contribution in [3.8, 4) is 0 Å². The van der Waals surface area contributed by atoms with E-state index in [0.29, 0.717) is 12.2 Å². The van der Waals surface area contributed by atoms with Crippen LogP contribution in [0.15, 0.2) is 12.2 Å². The van der Waals surface area contributed by atoms with Gasteiger partial charge in [-0.3, -0.25) is 0 Å². The molecule has 0 aliphatic heterocycles. The van der Waals surface area contributed by atoms with E-state index in [0.717, 1.165) is 0 Å². The van der Waals surface area contributed by atoms with Crippen LogP contribution in [0.1, 0.15) is 0 Å². The van der Waals surface area contributed by atoms with Gasteiger partial charge in [0.15, 0.2) is 0 Å². The van der Waals surface area contributed by atoms with Gasteiger partial charge in [-0.15, -0.1) is 0 Å². The van der Waals surface area contributed by atoms with E-state index in [1.54, 1.807) is 0 Å². The van der Waals surface area contributed by atoms with Gasteiger partial charge in [0, 0.05) is 12.2 Å². The molecular formula is C4H6Na2O4. The second-order valence-corrected chi connectivity index (χ2v) is 1.01. The minimum atomic E-state index is -1.26. The summed E-state index contributed by atoms with van der Waals surface area (Å²) >= 11 is 0. The van der Waals surface area contributed by atoms with Crippen LogP contribution in [0.4, 0.5) is 0 Å². The zero-order chi connectivity index (χ0) is 6.57. The molecular weight excluding hydrogens is 158 g/mol. The number of aliphatic carboxylic acids is 2. The molecule has 0 fully saturated rings. The van der Waals surface area contributed by atoms with E-state index >= 15 is 0 Å². The summed E-state index contributed by atoms with van der Waals surface area (Å²) in [7, 11) is 0. The summed E-state index contributed by atoms with van der Waals surface area (Å²) in [5.41, 5.74) is 0. The molecule has 0 saturated carbocycles. The second kappa shape index (κ2) is 9.68. The normalized spacial score (nSPS) is 7.60. The molecule has 10 heavy (non-hydrogen) atoms. The predicted octanol–water partition coefficient (Wildman–Crippen LogP) is -1.59. The van der Waals surface area contributed by atoms with Crippen molar-refractivity contribution < 1.29 is 19.8 Å². The Hall–Kier alpha value is 0.680. The third-order valence-electron chi connectivity index (χ3n) is 0.368. The zero-order valence-corrected chi connectivity index (χ0v) is 3.87. The number of hydrogen-bond acceptors (Lipinski definition) is 2. The maximum atomic E-state index is 9.55. The topological polar surface area (TPSA) is 74.6 Å². The van der Waals surface area contributed by atoms with E-state index in [1.807, 2.05) is 0 Å². The van der Waals surface area contributed by atoms with Crippen molar-refractivity contribution in [1.29, 1.82) is 0 Å². The molecule has 0 heterocycles. The van der Waals surface area contributed by atoms with E-state index in [9.17, 15) is 9.59 Å². The fourth-order valence-electron chi connectivity index (χ4n) is 0.143. The van der Waals surface area contributed by atoms with Crippen molar-refractivity contribution in [2.45, 2.75) is 0 Å². The van der Waals surface area contributed by atoms with Gasteiger partial charge < -0.3 is 10.2 Å². The Balaban J connectivity index is -0.000000245. The number of carboxylic acid groups (broad SMARTS) is 2. The van der Waals surface area contributed by atoms with Crippen molar-refractivity contribution in [3.63, 3.8) is 0 Å². The van der Waals surface area contributed by atoms with Crippen LogP contribution in [-0.2, 0) is 9.59 Å². The van der Waals surface area contributed by atoms with Crippen molar-refractivity contribution in [2.24, 2.45) is 0 Å². The second-order valence-electron chi connectivity index (χ2n) is 1.01. The number of hydrogen-bond donors (Lipinski definition) is 2. The third-order valence-corrected chi connectivity index (χ3v) is 0.368. The SMILES string of the molecule is O=C(O)/C=C\C(=O)O.[NaH].[NaH]. The summed E-state index contributed by atoms with van der Waals surface area (Å²) in [5, 5.41) is 15.6. The van der Waals surface area contributed by atoms with Crippen LogP contribution in [0.5, 0.6) is 0 Å². The Morgan fingerprint density at radius 2 is 1.10 bits per heavy atom. The van der Waals surface area contributed by atoms with Crippen LogP contribution in [0, 0.1) is 0 Å². The summed E-state index contributed by atoms with van der Waals surface area (Å²) in [4.78, 5) is 19.1. The van der Waals surface area contributed by atoms with Gasteiger partial charge in [-0.1, -0.05) is 0 Å². The maximum absolute atomic E-state index is 9.55. The minimum absolute atomic E-state index is 0. The monoisotopic (exact) mass is 164 g/mol. The quantitative estimate of drug-likeness (QED) is 0.381. The number of carbonyl (C=O) groups is 2. The van der Waals surface area contributed by atoms with Crippen molar-refractivity contribution in [2.75, 3.05) is 0 Å². The third kappa shape index (κ3) is 15.9. The molecule has 0 radical (unpaired) electrons. The van der Waals surface area contributed by atoms with E-state index < -0.39 is 11.9 Å². The molecule has 0 bridgehead atoms. The first-order valence-electron chi connectivity index (χ1n) is 1.77. The average Bonchev–Trinajstić information content (AvgIpc) is 1.61. The molecule has 0 unspecified atom stereocenters. The van der Waals surface area contributed by atoms with Crippen molar-refractivity contribution in [3.05, 3.63) is 12.2 Å². The Morgan fingerprint density at radius 3 is 1.20 bits per heavy atom. The fourth-order valence-corrected chi connectivity index (χ4v) is 0.143. The summed E-state index contributed by atoms with van der Waals surface area (Å²) in [6.45, 7) is 0. The molecule has 0 aromatic heterocycles. The van der Waals surface area contributed by atoms with Gasteiger partial charge in [0.25, 0.3) is 0 Å². The first kappa shape index (κ1) is 17.0. The Morgan fingerprint density at radius 1 is 0.900 bits per heavy atom. The molecule has 0 aliphatic rings. The predicted molar refractivity (Wildman–Crippen MR) is 38.7 cm³/mol. The van der Waals surface area contributed by atoms with E-state index in [4.69, 9.17) is 10.2 Å². The molecule has 0 rings (SSSR count). The van der Waals surface area contributed by atoms with Crippen molar-refractivity contribution >= 4 is 71.1 Å². The molecule has 0 aromatic rings. The summed E-state index contributed by atoms with van der Waals surface area (Å²) in [6.07, 6.45) is 1.12. The molecule has 48 valence electrons. The molecule has 0 atom stereocenters. The molecule has 6 heteroatoms. The molecule has 2 N–H and O–H groups in total. The Kier molecular flexibility index (Phi) is 16.4. The first-order chi connectivity index (χ1) is 3.63. The molecule has 0 aromatic carbocycles. The van der Waals surface area contributed by atoms with Gasteiger partial charge in [0.1, 0.15) is 0 Å². The average molecular weight is 164 g/mol. The molecule has 0 amide bonds. The van der Waals surface area contributed by atoms with Gasteiger partial charge in [-0.2, -0.15) is 0 Å². The van der Waals surface area contributed by atoms with Crippen LogP contribution in [0.3, 0.4) is 0 Å². The van der Waals surface area contributed by atoms with Gasteiger partial charge >= 0.3 is 71.1 Å². The van der Waals surface area contributed by atoms with E-state index in [1.165, 1.54) is 0 Å². The first-order valence-corrected chi connectivity index (χ1v) is 1.77. The number of rotatable bonds is 2. The van der Waals surface area contributed by atoms with Crippen LogP contribution >= 0.6 is 0 Å². The van der Waals surface area contributed by atoms with E-state index in [-0.39, 0.29) is 59.1 Å². The van der Waals surface area contributed by atoms with Crippen LogP contribution in [-0.4, -0.2) is 81.3 Å². The summed E-state index contributed by atoms with van der Waals surface area (Å²) in [6, 6.07) is 0. The van der Waals surface area contributed by atoms with Gasteiger partial charge in [-0.25, -0.2) is 9.59 Å². The Labute approximate surface area is 102 Å². The van der Waals surface area contributed by atoms with Gasteiger partial charge in [0.05, 0.1) is 0 Å². The van der Waals surface area contributed by atoms with Crippen LogP contribution in [0.25, 0.3) is 0 Å². The Bertz CT molecular complexity index is 126. The molecule has 0 aliphatic carbocycles. The molecule has 0 saturated heterocycles. The van der Waals surface area contributed by atoms with Crippen LogP contribution < -0.4 is 0 Å². The zero-order valence-electron chi connectivity index (χ0n) is 3.87. The van der Waals surface area contributed by atoms with Crippen molar-refractivity contribution in [1.82, 2.24) is 0 Å². The van der Waals surface area contributed by atoms with Gasteiger partial charge in [0.2, 0.25) is 0 Å². The summed E-state index contributed by atoms with van der Waals surface area (Å²) < 4.78 is 0. The van der Waals surface area contributed by atoms with Gasteiger partial charge in [-0.05, 0) is 0 Å². The fraction of sp³-hybridized carbons (Fsp3) is 0. The molecule has 0 spiro atoms. The van der Waals surface area contributed by atoms with E-state index in [2.05, 4.69) is 0 Å². The molecule has 4 nitrogen and oxygen atoms in total. The standard InChI is InChI=1S/C4H4O4.2Na.2H/c5-3(6)1-2-4(7)8;;;;/h1-2H,(H,5,6)(H,7,8);;;;/b2-1-;;;;.